The highest BCUT2D eigenvalue weighted by molar-refractivity contribution is 9.08. The van der Waals surface area contributed by atoms with Crippen LogP contribution >= 0.6 is 38.9 Å². The molecule has 0 aliphatic rings. The molecule has 2 nitrogen and oxygen atoms in total. The van der Waals surface area contributed by atoms with Crippen molar-refractivity contribution in [1.29, 1.82) is 0 Å². The molecule has 74 valence electrons. The second-order valence-corrected chi connectivity index (χ2v) is 4.64. The smallest absolute Gasteiger partial charge is 0.181 e. The molecular formula is C9H7BrClNOS. The first kappa shape index (κ1) is 10.2. The van der Waals surface area contributed by atoms with Crippen LogP contribution in [0.2, 0.25) is 5.02 Å². The third-order valence-corrected chi connectivity index (χ3v) is 4.10. The molecule has 0 saturated heterocycles. The normalized spacial score (nSPS) is 10.8. The molecule has 0 aromatic carbocycles. The Morgan fingerprint density at radius 2 is 2.43 bits per heavy atom. The summed E-state index contributed by atoms with van der Waals surface area (Å²) in [5.41, 5.74) is 1.96. The number of nitrogens with zero attached hydrogens (tertiary/aromatic N) is 1. The van der Waals surface area contributed by atoms with E-state index >= 15 is 0 Å². The largest absolute Gasteiger partial charge is 0.442 e. The first-order valence-electron chi connectivity index (χ1n) is 3.96. The molecule has 0 aliphatic carbocycles. The summed E-state index contributed by atoms with van der Waals surface area (Å²) in [4.78, 5) is 5.05. The van der Waals surface area contributed by atoms with E-state index in [-0.39, 0.29) is 0 Å². The van der Waals surface area contributed by atoms with Crippen LogP contribution in [0.15, 0.2) is 16.2 Å². The van der Waals surface area contributed by atoms with Crippen molar-refractivity contribution in [1.82, 2.24) is 4.98 Å². The van der Waals surface area contributed by atoms with Gasteiger partial charge < -0.3 is 4.42 Å². The minimum absolute atomic E-state index is 0.673. The van der Waals surface area contributed by atoms with Crippen molar-refractivity contribution in [3.05, 3.63) is 28.1 Å². The fraction of sp³-hybridized carbons (Fsp3) is 0.222. The Morgan fingerprint density at radius 3 is 3.00 bits per heavy atom. The quantitative estimate of drug-likeness (QED) is 0.773. The van der Waals surface area contributed by atoms with E-state index < -0.39 is 0 Å². The predicted molar refractivity (Wildman–Crippen MR) is 62.2 cm³/mol. The minimum atomic E-state index is 0.673. The van der Waals surface area contributed by atoms with Gasteiger partial charge in [-0.1, -0.05) is 27.5 Å². The number of aromatic nitrogens is 1. The first-order chi connectivity index (χ1) is 6.74. The summed E-state index contributed by atoms with van der Waals surface area (Å²) in [6.45, 7) is 1.98. The molecule has 2 heterocycles. The highest BCUT2D eigenvalue weighted by Gasteiger charge is 2.16. The van der Waals surface area contributed by atoms with Gasteiger partial charge in [0.15, 0.2) is 12.2 Å². The van der Waals surface area contributed by atoms with Gasteiger partial charge in [0.25, 0.3) is 0 Å². The molecule has 2 rings (SSSR count). The average Bonchev–Trinajstić information content (AvgIpc) is 2.75. The Balaban J connectivity index is 2.54. The van der Waals surface area contributed by atoms with Crippen LogP contribution in [0.5, 0.6) is 0 Å². The zero-order chi connectivity index (χ0) is 10.1. The zero-order valence-corrected chi connectivity index (χ0v) is 10.5. The fourth-order valence-corrected chi connectivity index (χ4v) is 2.82. The lowest BCUT2D eigenvalue weighted by Gasteiger charge is -1.95. The standard InChI is InChI=1S/C9H7BrClNOS/c1-5-3-14-9(7(5)11)8-6(2-10)12-4-13-8/h3-4H,2H2,1H3. The van der Waals surface area contributed by atoms with Crippen LogP contribution in [-0.2, 0) is 5.33 Å². The molecule has 0 saturated carbocycles. The number of rotatable bonds is 2. The molecule has 5 heteroatoms. The molecule has 0 amide bonds. The maximum atomic E-state index is 6.14. The van der Waals surface area contributed by atoms with Crippen molar-refractivity contribution < 1.29 is 4.42 Å². The summed E-state index contributed by atoms with van der Waals surface area (Å²) >= 11 is 11.1. The molecule has 2 aromatic rings. The maximum absolute atomic E-state index is 6.14. The summed E-state index contributed by atoms with van der Waals surface area (Å²) in [5, 5.41) is 3.44. The molecular weight excluding hydrogens is 286 g/mol. The van der Waals surface area contributed by atoms with Gasteiger partial charge in [-0.25, -0.2) is 4.98 Å². The van der Waals surface area contributed by atoms with Crippen LogP contribution in [0, 0.1) is 6.92 Å². The van der Waals surface area contributed by atoms with Gasteiger partial charge in [0.1, 0.15) is 0 Å². The predicted octanol–water partition coefficient (Wildman–Crippen LogP) is 4.26. The van der Waals surface area contributed by atoms with Gasteiger partial charge in [0.2, 0.25) is 0 Å². The van der Waals surface area contributed by atoms with Crippen molar-refractivity contribution in [3.63, 3.8) is 0 Å². The SMILES string of the molecule is Cc1csc(-c2ocnc2CBr)c1Cl. The summed E-state index contributed by atoms with van der Waals surface area (Å²) in [7, 11) is 0. The van der Waals surface area contributed by atoms with E-state index in [1.807, 2.05) is 12.3 Å². The minimum Gasteiger partial charge on any atom is -0.442 e. The Hall–Kier alpha value is -0.320. The van der Waals surface area contributed by atoms with Gasteiger partial charge in [-0.05, 0) is 17.9 Å². The third kappa shape index (κ3) is 1.62. The Bertz CT molecular complexity index is 451. The van der Waals surface area contributed by atoms with E-state index in [0.717, 1.165) is 26.9 Å². The Labute approximate surface area is 99.0 Å². The number of alkyl halides is 1. The van der Waals surface area contributed by atoms with Gasteiger partial charge in [-0.15, -0.1) is 11.3 Å². The molecule has 0 aliphatic heterocycles. The highest BCUT2D eigenvalue weighted by Crippen LogP contribution is 2.38. The van der Waals surface area contributed by atoms with Crippen molar-refractivity contribution >= 4 is 38.9 Å². The number of oxazole rings is 1. The topological polar surface area (TPSA) is 26.0 Å². The summed E-state index contributed by atoms with van der Waals surface area (Å²) in [6, 6.07) is 0. The lowest BCUT2D eigenvalue weighted by atomic mass is 10.3. The van der Waals surface area contributed by atoms with E-state index in [2.05, 4.69) is 20.9 Å². The van der Waals surface area contributed by atoms with Crippen LogP contribution in [-0.4, -0.2) is 4.98 Å². The van der Waals surface area contributed by atoms with Gasteiger partial charge >= 0.3 is 0 Å². The van der Waals surface area contributed by atoms with Gasteiger partial charge in [-0.3, -0.25) is 0 Å². The van der Waals surface area contributed by atoms with Crippen LogP contribution in [0.1, 0.15) is 11.3 Å². The summed E-state index contributed by atoms with van der Waals surface area (Å²) in [5.74, 6) is 0.768. The molecule has 0 N–H and O–H groups in total. The number of hydrogen-bond donors (Lipinski definition) is 0. The molecule has 0 fully saturated rings. The lowest BCUT2D eigenvalue weighted by Crippen LogP contribution is -1.80. The van der Waals surface area contributed by atoms with Gasteiger partial charge in [0, 0.05) is 5.33 Å². The lowest BCUT2D eigenvalue weighted by molar-refractivity contribution is 0.572. The maximum Gasteiger partial charge on any atom is 0.181 e. The van der Waals surface area contributed by atoms with Gasteiger partial charge in [0.05, 0.1) is 15.6 Å². The number of hydrogen-bond acceptors (Lipinski definition) is 3. The molecule has 0 spiro atoms. The number of aryl methyl sites for hydroxylation is 1. The van der Waals surface area contributed by atoms with E-state index in [1.54, 1.807) is 11.3 Å². The molecule has 0 bridgehead atoms. The third-order valence-electron chi connectivity index (χ3n) is 1.87. The van der Waals surface area contributed by atoms with Gasteiger partial charge in [-0.2, -0.15) is 0 Å². The highest BCUT2D eigenvalue weighted by atomic mass is 79.9. The second kappa shape index (κ2) is 4.04. The summed E-state index contributed by atoms with van der Waals surface area (Å²) in [6.07, 6.45) is 1.44. The van der Waals surface area contributed by atoms with Crippen molar-refractivity contribution in [2.24, 2.45) is 0 Å². The first-order valence-corrected chi connectivity index (χ1v) is 6.34. The Kier molecular flexibility index (Phi) is 2.95. The zero-order valence-electron chi connectivity index (χ0n) is 7.38. The van der Waals surface area contributed by atoms with Crippen molar-refractivity contribution in [3.8, 4) is 10.6 Å². The molecule has 14 heavy (non-hydrogen) atoms. The Morgan fingerprint density at radius 1 is 1.64 bits per heavy atom. The second-order valence-electron chi connectivity index (χ2n) is 2.82. The van der Waals surface area contributed by atoms with Crippen LogP contribution < -0.4 is 0 Å². The molecule has 0 radical (unpaired) electrons. The van der Waals surface area contributed by atoms with Crippen LogP contribution in [0.25, 0.3) is 10.6 Å². The fourth-order valence-electron chi connectivity index (χ4n) is 1.13. The monoisotopic (exact) mass is 291 g/mol. The number of halogens is 2. The van der Waals surface area contributed by atoms with Crippen molar-refractivity contribution in [2.75, 3.05) is 0 Å². The van der Waals surface area contributed by atoms with E-state index in [9.17, 15) is 0 Å². The molecule has 2 aromatic heterocycles. The van der Waals surface area contributed by atoms with E-state index in [0.29, 0.717) is 5.33 Å². The van der Waals surface area contributed by atoms with E-state index in [4.69, 9.17) is 16.0 Å². The number of thiophene rings is 1. The molecule has 0 atom stereocenters. The molecule has 0 unspecified atom stereocenters. The van der Waals surface area contributed by atoms with Crippen LogP contribution in [0.3, 0.4) is 0 Å². The van der Waals surface area contributed by atoms with Crippen molar-refractivity contribution in [2.45, 2.75) is 12.3 Å². The van der Waals surface area contributed by atoms with E-state index in [1.165, 1.54) is 6.39 Å². The average molecular weight is 293 g/mol. The van der Waals surface area contributed by atoms with Crippen LogP contribution in [0.4, 0.5) is 0 Å². The summed E-state index contributed by atoms with van der Waals surface area (Å²) < 4.78 is 5.32.